The lowest BCUT2D eigenvalue weighted by atomic mass is 9.98. The summed E-state index contributed by atoms with van der Waals surface area (Å²) in [7, 11) is 0. The molecule has 0 rings (SSSR count). The summed E-state index contributed by atoms with van der Waals surface area (Å²) in [5.41, 5.74) is -0.347. The van der Waals surface area contributed by atoms with Gasteiger partial charge in [-0.3, -0.25) is 4.79 Å². The smallest absolute Gasteiger partial charge is 0.189 e. The first-order valence-electron chi connectivity index (χ1n) is 5.08. The maximum Gasteiger partial charge on any atom is 0.189 e. The zero-order chi connectivity index (χ0) is 12.6. The molecular weight excluding hydrogens is 206 g/mol. The molecule has 0 amide bonds. The van der Waals surface area contributed by atoms with Crippen molar-refractivity contribution in [1.29, 1.82) is 0 Å². The van der Waals surface area contributed by atoms with Crippen molar-refractivity contribution < 1.29 is 14.6 Å². The summed E-state index contributed by atoms with van der Waals surface area (Å²) >= 11 is 0. The fourth-order valence-corrected chi connectivity index (χ4v) is 1.15. The molecule has 2 N–H and O–H groups in total. The van der Waals surface area contributed by atoms with Gasteiger partial charge in [0.25, 0.3) is 0 Å². The van der Waals surface area contributed by atoms with Crippen molar-refractivity contribution in [1.82, 2.24) is 5.32 Å². The summed E-state index contributed by atoms with van der Waals surface area (Å²) in [6.07, 6.45) is 1.79. The van der Waals surface area contributed by atoms with Crippen LogP contribution >= 0.6 is 0 Å². The van der Waals surface area contributed by atoms with E-state index in [-0.39, 0.29) is 5.78 Å². The molecule has 0 unspecified atom stereocenters. The highest BCUT2D eigenvalue weighted by Gasteiger charge is 2.28. The van der Waals surface area contributed by atoms with Gasteiger partial charge in [-0.25, -0.2) is 0 Å². The zero-order valence-corrected chi connectivity index (χ0v) is 10.1. The molecule has 4 heteroatoms. The summed E-state index contributed by atoms with van der Waals surface area (Å²) in [5.74, 6) is 2.35. The summed E-state index contributed by atoms with van der Waals surface area (Å²) in [6.45, 7) is 10.1. The van der Waals surface area contributed by atoms with Crippen LogP contribution in [0.3, 0.4) is 0 Å². The van der Waals surface area contributed by atoms with Gasteiger partial charge in [0, 0.05) is 6.54 Å². The van der Waals surface area contributed by atoms with E-state index in [4.69, 9.17) is 9.84 Å². The third-order valence-corrected chi connectivity index (χ3v) is 1.97. The lowest BCUT2D eigenvalue weighted by Crippen LogP contribution is -2.37. The van der Waals surface area contributed by atoms with Crippen molar-refractivity contribution in [2.24, 2.45) is 0 Å². The van der Waals surface area contributed by atoms with E-state index in [1.807, 2.05) is 0 Å². The van der Waals surface area contributed by atoms with Crippen molar-refractivity contribution in [3.8, 4) is 12.0 Å². The largest absolute Gasteiger partial charge is 0.462 e. The Labute approximate surface area is 96.7 Å². The van der Waals surface area contributed by atoms with E-state index in [0.29, 0.717) is 25.3 Å². The van der Waals surface area contributed by atoms with Gasteiger partial charge in [0.15, 0.2) is 5.78 Å². The van der Waals surface area contributed by atoms with Crippen LogP contribution in [0.5, 0.6) is 0 Å². The lowest BCUT2D eigenvalue weighted by Gasteiger charge is -2.23. The van der Waals surface area contributed by atoms with Gasteiger partial charge in [-0.2, -0.15) is 0 Å². The van der Waals surface area contributed by atoms with Crippen LogP contribution in [-0.2, 0) is 9.53 Å². The van der Waals surface area contributed by atoms with E-state index in [0.717, 1.165) is 0 Å². The second-order valence-corrected chi connectivity index (χ2v) is 3.93. The molecule has 90 valence electrons. The van der Waals surface area contributed by atoms with Crippen LogP contribution in [0.4, 0.5) is 0 Å². The summed E-state index contributed by atoms with van der Waals surface area (Å²) in [4.78, 5) is 11.6. The molecule has 0 saturated heterocycles. The van der Waals surface area contributed by atoms with Gasteiger partial charge in [-0.05, 0) is 32.3 Å². The van der Waals surface area contributed by atoms with Crippen molar-refractivity contribution in [2.75, 3.05) is 19.7 Å². The second-order valence-electron chi connectivity index (χ2n) is 3.93. The predicted octanol–water partition coefficient (Wildman–Crippen LogP) is 0.850. The number of carbonyl (C=O) groups excluding carboxylic acids is 1. The maximum absolute atomic E-state index is 11.6. The van der Waals surface area contributed by atoms with E-state index in [2.05, 4.69) is 17.8 Å². The SMILES string of the molecule is C=C(C)C(=O)C(C)(C)OCCNCC#CO. The zero-order valence-electron chi connectivity index (χ0n) is 10.1. The number of hydrogen-bond acceptors (Lipinski definition) is 4. The Kier molecular flexibility index (Phi) is 6.47. The molecule has 0 aliphatic rings. The fourth-order valence-electron chi connectivity index (χ4n) is 1.15. The highest BCUT2D eigenvalue weighted by atomic mass is 16.5. The number of rotatable bonds is 7. The average Bonchev–Trinajstić information content (AvgIpc) is 2.22. The molecule has 0 aliphatic heterocycles. The molecule has 0 aromatic rings. The average molecular weight is 225 g/mol. The van der Waals surface area contributed by atoms with Crippen LogP contribution in [0, 0.1) is 12.0 Å². The Bertz CT molecular complexity index is 310. The Balaban J connectivity index is 3.85. The third kappa shape index (κ3) is 5.54. The molecule has 4 nitrogen and oxygen atoms in total. The Morgan fingerprint density at radius 3 is 2.69 bits per heavy atom. The quantitative estimate of drug-likeness (QED) is 0.383. The minimum absolute atomic E-state index is 0.0948. The topological polar surface area (TPSA) is 58.6 Å². The predicted molar refractivity (Wildman–Crippen MR) is 62.4 cm³/mol. The molecule has 0 aromatic heterocycles. The van der Waals surface area contributed by atoms with Gasteiger partial charge in [-0.15, -0.1) is 0 Å². The first kappa shape index (κ1) is 14.7. The van der Waals surface area contributed by atoms with Crippen LogP contribution in [-0.4, -0.2) is 36.2 Å². The van der Waals surface area contributed by atoms with Crippen LogP contribution < -0.4 is 5.32 Å². The third-order valence-electron chi connectivity index (χ3n) is 1.97. The summed E-state index contributed by atoms with van der Waals surface area (Å²) in [5, 5.41) is 11.1. The molecule has 0 fully saturated rings. The molecule has 0 spiro atoms. The minimum Gasteiger partial charge on any atom is -0.462 e. The van der Waals surface area contributed by atoms with Crippen LogP contribution in [0.1, 0.15) is 20.8 Å². The Morgan fingerprint density at radius 2 is 2.19 bits per heavy atom. The Hall–Kier alpha value is -1.31. The van der Waals surface area contributed by atoms with Gasteiger partial charge >= 0.3 is 0 Å². The Morgan fingerprint density at radius 1 is 1.56 bits per heavy atom. The monoisotopic (exact) mass is 225 g/mol. The first-order valence-corrected chi connectivity index (χ1v) is 5.08. The van der Waals surface area contributed by atoms with Crippen LogP contribution in [0.15, 0.2) is 12.2 Å². The van der Waals surface area contributed by atoms with E-state index < -0.39 is 5.60 Å². The molecule has 0 aliphatic carbocycles. The molecular formula is C12H19NO3. The summed E-state index contributed by atoms with van der Waals surface area (Å²) < 4.78 is 5.45. The molecule has 16 heavy (non-hydrogen) atoms. The van der Waals surface area contributed by atoms with E-state index in [1.54, 1.807) is 26.9 Å². The summed E-state index contributed by atoms with van der Waals surface area (Å²) in [6, 6.07) is 0. The number of aliphatic hydroxyl groups excluding tert-OH is 1. The number of aliphatic hydroxyl groups is 1. The molecule has 0 radical (unpaired) electrons. The number of hydrogen-bond donors (Lipinski definition) is 2. The van der Waals surface area contributed by atoms with Crippen LogP contribution in [0.25, 0.3) is 0 Å². The van der Waals surface area contributed by atoms with Gasteiger partial charge in [0.05, 0.1) is 13.2 Å². The molecule has 0 atom stereocenters. The molecule has 0 aromatic carbocycles. The van der Waals surface area contributed by atoms with Gasteiger partial charge in [0.1, 0.15) is 11.7 Å². The maximum atomic E-state index is 11.6. The van der Waals surface area contributed by atoms with Crippen LogP contribution in [0.2, 0.25) is 0 Å². The van der Waals surface area contributed by atoms with Crippen molar-refractivity contribution >= 4 is 5.78 Å². The minimum atomic E-state index is -0.837. The molecule has 0 bridgehead atoms. The van der Waals surface area contributed by atoms with Crippen molar-refractivity contribution in [3.63, 3.8) is 0 Å². The second kappa shape index (κ2) is 7.04. The standard InChI is InChI=1S/C12H19NO3/c1-10(2)11(15)12(3,4)16-9-7-13-6-5-8-14/h13-14H,1,6-7,9H2,2-4H3. The van der Waals surface area contributed by atoms with Gasteiger partial charge in [-0.1, -0.05) is 6.58 Å². The number of Topliss-reactive ketones (excluding diaryl/α,β-unsaturated/α-hetero) is 1. The van der Waals surface area contributed by atoms with E-state index in [9.17, 15) is 4.79 Å². The first-order chi connectivity index (χ1) is 7.41. The van der Waals surface area contributed by atoms with Crippen molar-refractivity contribution in [2.45, 2.75) is 26.4 Å². The fraction of sp³-hybridized carbons (Fsp3) is 0.583. The van der Waals surface area contributed by atoms with E-state index in [1.165, 1.54) is 0 Å². The highest BCUT2D eigenvalue weighted by molar-refractivity contribution is 6.00. The van der Waals surface area contributed by atoms with E-state index >= 15 is 0 Å². The number of nitrogens with one attached hydrogen (secondary N) is 1. The number of carbonyl (C=O) groups is 1. The normalized spacial score (nSPS) is 10.4. The lowest BCUT2D eigenvalue weighted by molar-refractivity contribution is -0.135. The molecule has 0 saturated carbocycles. The van der Waals surface area contributed by atoms with Crippen molar-refractivity contribution in [3.05, 3.63) is 12.2 Å². The molecule has 0 heterocycles. The number of ketones is 1. The number of ether oxygens (including phenoxy) is 1. The highest BCUT2D eigenvalue weighted by Crippen LogP contribution is 2.14. The van der Waals surface area contributed by atoms with Gasteiger partial charge in [0.2, 0.25) is 0 Å². The van der Waals surface area contributed by atoms with Gasteiger partial charge < -0.3 is 15.2 Å².